The first-order chi connectivity index (χ1) is 42.6. The molecular formula is C73H121NO13. The summed E-state index contributed by atoms with van der Waals surface area (Å²) in [4.78, 5) is 13.3. The molecule has 14 nitrogen and oxygen atoms in total. The minimum Gasteiger partial charge on any atom is -0.394 e. The summed E-state index contributed by atoms with van der Waals surface area (Å²) in [6, 6.07) is -0.939. The fourth-order valence-corrected chi connectivity index (χ4v) is 10.2. The van der Waals surface area contributed by atoms with Crippen molar-refractivity contribution in [1.29, 1.82) is 0 Å². The van der Waals surface area contributed by atoms with E-state index in [1.54, 1.807) is 6.08 Å². The number of ether oxygens (including phenoxy) is 4. The van der Waals surface area contributed by atoms with Crippen molar-refractivity contribution >= 4 is 5.91 Å². The predicted molar refractivity (Wildman–Crippen MR) is 355 cm³/mol. The van der Waals surface area contributed by atoms with Gasteiger partial charge in [0.2, 0.25) is 5.91 Å². The molecule has 2 rings (SSSR count). The van der Waals surface area contributed by atoms with E-state index in [0.717, 1.165) is 109 Å². The lowest BCUT2D eigenvalue weighted by Gasteiger charge is -2.46. The molecule has 12 atom stereocenters. The van der Waals surface area contributed by atoms with Crippen molar-refractivity contribution in [2.75, 3.05) is 19.8 Å². The predicted octanol–water partition coefficient (Wildman–Crippen LogP) is 13.5. The van der Waals surface area contributed by atoms with Crippen LogP contribution in [-0.4, -0.2) is 140 Å². The van der Waals surface area contributed by atoms with Gasteiger partial charge >= 0.3 is 0 Å². The number of aliphatic hydroxyl groups excluding tert-OH is 8. The Kier molecular flexibility index (Phi) is 51.1. The van der Waals surface area contributed by atoms with Gasteiger partial charge in [-0.15, -0.1) is 0 Å². The van der Waals surface area contributed by atoms with Gasteiger partial charge in [0.15, 0.2) is 12.6 Å². The quantitative estimate of drug-likeness (QED) is 0.0204. The summed E-state index contributed by atoms with van der Waals surface area (Å²) in [6.07, 6.45) is 66.3. The molecule has 2 fully saturated rings. The van der Waals surface area contributed by atoms with Crippen molar-refractivity contribution in [3.8, 4) is 0 Å². The van der Waals surface area contributed by atoms with Gasteiger partial charge in [-0.3, -0.25) is 4.79 Å². The lowest BCUT2D eigenvalue weighted by molar-refractivity contribution is -0.359. The van der Waals surface area contributed by atoms with Gasteiger partial charge in [-0.1, -0.05) is 257 Å². The second kappa shape index (κ2) is 56.1. The first-order valence-corrected chi connectivity index (χ1v) is 33.9. The van der Waals surface area contributed by atoms with Gasteiger partial charge in [-0.05, 0) is 96.3 Å². The third-order valence-corrected chi connectivity index (χ3v) is 15.6. The van der Waals surface area contributed by atoms with Gasteiger partial charge in [-0.2, -0.15) is 0 Å². The molecule has 2 heterocycles. The zero-order valence-electron chi connectivity index (χ0n) is 53.7. The largest absolute Gasteiger partial charge is 0.394 e. The maximum atomic E-state index is 13.3. The van der Waals surface area contributed by atoms with Gasteiger partial charge in [0.25, 0.3) is 0 Å². The number of hydrogen-bond acceptors (Lipinski definition) is 13. The van der Waals surface area contributed by atoms with Gasteiger partial charge in [0, 0.05) is 6.42 Å². The molecular weight excluding hydrogens is 1100 g/mol. The van der Waals surface area contributed by atoms with Crippen molar-refractivity contribution in [3.05, 3.63) is 134 Å². The summed E-state index contributed by atoms with van der Waals surface area (Å²) in [5, 5.41) is 87.3. The van der Waals surface area contributed by atoms with Crippen LogP contribution < -0.4 is 5.32 Å². The van der Waals surface area contributed by atoms with Crippen LogP contribution in [0, 0.1) is 0 Å². The van der Waals surface area contributed by atoms with Crippen LogP contribution in [0.15, 0.2) is 134 Å². The second-order valence-electron chi connectivity index (χ2n) is 23.2. The van der Waals surface area contributed by atoms with E-state index < -0.39 is 86.8 Å². The van der Waals surface area contributed by atoms with Crippen LogP contribution in [0.5, 0.6) is 0 Å². The van der Waals surface area contributed by atoms with Crippen molar-refractivity contribution < 1.29 is 64.6 Å². The molecule has 0 bridgehead atoms. The van der Waals surface area contributed by atoms with Crippen molar-refractivity contribution in [1.82, 2.24) is 5.32 Å². The topological polar surface area (TPSA) is 228 Å². The first kappa shape index (κ1) is 79.2. The Morgan fingerprint density at radius 3 is 1.22 bits per heavy atom. The van der Waals surface area contributed by atoms with Gasteiger partial charge in [0.1, 0.15) is 48.8 Å². The van der Waals surface area contributed by atoms with E-state index in [2.05, 4.69) is 141 Å². The summed E-state index contributed by atoms with van der Waals surface area (Å²) in [7, 11) is 0. The summed E-state index contributed by atoms with van der Waals surface area (Å²) < 4.78 is 22.8. The highest BCUT2D eigenvalue weighted by molar-refractivity contribution is 5.76. The van der Waals surface area contributed by atoms with E-state index in [-0.39, 0.29) is 18.9 Å². The number of aliphatic hydroxyl groups is 8. The zero-order chi connectivity index (χ0) is 63.1. The third kappa shape index (κ3) is 40.5. The highest BCUT2D eigenvalue weighted by Gasteiger charge is 2.51. The Balaban J connectivity index is 1.71. The van der Waals surface area contributed by atoms with E-state index in [4.69, 9.17) is 18.9 Å². The standard InChI is InChI=1S/C73H121NO13/c1-3-5-7-9-11-13-15-17-19-21-23-24-25-26-27-28-29-30-31-32-33-34-35-36-37-38-39-41-43-45-47-49-51-53-55-57-65(78)74-61(62(77)56-54-52-50-48-46-44-42-40-22-20-18-16-14-12-10-8-6-4-2)60-84-72-70(83)68(81)71(64(59-76)86-72)87-73-69(82)67(80)66(79)63(58-75)85-73/h5,7,11,13,17,19,23-24,26-27,29-30,32-33,35-36,38-39,43,45,54,56,61-64,66-73,75-77,79-83H,3-4,6,8-10,12,14-16,18,20-22,25,28,31,34,37,40-42,44,46-53,55,57-60H2,1-2H3,(H,74,78)/b7-5-,13-11-,19-17-,24-23-,27-26-,30-29-,33-32-,36-35-,39-38-,45-43-,56-54+. The van der Waals surface area contributed by atoms with E-state index >= 15 is 0 Å². The maximum Gasteiger partial charge on any atom is 0.220 e. The van der Waals surface area contributed by atoms with Crippen LogP contribution in [0.3, 0.4) is 0 Å². The lowest BCUT2D eigenvalue weighted by Crippen LogP contribution is -2.65. The number of carbonyl (C=O) groups is 1. The molecule has 0 aromatic rings. The molecule has 1 amide bonds. The Morgan fingerprint density at radius 1 is 0.425 bits per heavy atom. The molecule has 14 heteroatoms. The highest BCUT2D eigenvalue weighted by atomic mass is 16.7. The van der Waals surface area contributed by atoms with Crippen LogP contribution in [0.2, 0.25) is 0 Å². The van der Waals surface area contributed by atoms with E-state index in [1.807, 2.05) is 6.08 Å². The summed E-state index contributed by atoms with van der Waals surface area (Å²) in [6.45, 7) is 2.66. The number of hydrogen-bond donors (Lipinski definition) is 9. The van der Waals surface area contributed by atoms with Crippen LogP contribution >= 0.6 is 0 Å². The van der Waals surface area contributed by atoms with Crippen molar-refractivity contribution in [2.24, 2.45) is 0 Å². The number of carbonyl (C=O) groups excluding carboxylic acids is 1. The maximum absolute atomic E-state index is 13.3. The van der Waals surface area contributed by atoms with Crippen LogP contribution in [-0.2, 0) is 23.7 Å². The van der Waals surface area contributed by atoms with E-state index in [9.17, 15) is 45.6 Å². The van der Waals surface area contributed by atoms with Crippen LogP contribution in [0.25, 0.3) is 0 Å². The minimum atomic E-state index is -1.80. The molecule has 0 aliphatic carbocycles. The summed E-state index contributed by atoms with van der Waals surface area (Å²) >= 11 is 0. The molecule has 2 aliphatic heterocycles. The lowest BCUT2D eigenvalue weighted by atomic mass is 9.97. The van der Waals surface area contributed by atoms with E-state index in [1.165, 1.54) is 89.9 Å². The van der Waals surface area contributed by atoms with Gasteiger partial charge < -0.3 is 65.1 Å². The average molecular weight is 1220 g/mol. The summed E-state index contributed by atoms with van der Waals surface area (Å²) in [5.74, 6) is -0.268. The number of amides is 1. The molecule has 0 spiro atoms. The van der Waals surface area contributed by atoms with Gasteiger partial charge in [-0.25, -0.2) is 0 Å². The van der Waals surface area contributed by atoms with E-state index in [0.29, 0.717) is 6.42 Å². The molecule has 0 saturated carbocycles. The van der Waals surface area contributed by atoms with Crippen molar-refractivity contribution in [2.45, 2.75) is 299 Å². The Labute approximate surface area is 526 Å². The number of allylic oxidation sites excluding steroid dienone is 21. The Morgan fingerprint density at radius 2 is 0.793 bits per heavy atom. The highest BCUT2D eigenvalue weighted by Crippen LogP contribution is 2.30. The van der Waals surface area contributed by atoms with Crippen molar-refractivity contribution in [3.63, 3.8) is 0 Å². The molecule has 2 saturated heterocycles. The molecule has 2 aliphatic rings. The molecule has 496 valence electrons. The monoisotopic (exact) mass is 1220 g/mol. The fraction of sp³-hybridized carbons (Fsp3) is 0.685. The van der Waals surface area contributed by atoms with Gasteiger partial charge in [0.05, 0.1) is 32.0 Å². The first-order valence-electron chi connectivity index (χ1n) is 33.9. The Hall–Kier alpha value is -3.87. The normalized spacial score (nSPS) is 24.2. The molecule has 9 N–H and O–H groups in total. The number of rotatable bonds is 53. The minimum absolute atomic E-state index is 0.243. The molecule has 87 heavy (non-hydrogen) atoms. The molecule has 0 radical (unpaired) electrons. The van der Waals surface area contributed by atoms with Crippen LogP contribution in [0.4, 0.5) is 0 Å². The fourth-order valence-electron chi connectivity index (χ4n) is 10.2. The van der Waals surface area contributed by atoms with Crippen LogP contribution in [0.1, 0.15) is 226 Å². The second-order valence-corrected chi connectivity index (χ2v) is 23.2. The number of nitrogens with one attached hydrogen (secondary N) is 1. The Bertz CT molecular complexity index is 1970. The zero-order valence-corrected chi connectivity index (χ0v) is 53.7. The third-order valence-electron chi connectivity index (χ3n) is 15.6. The SMILES string of the molecule is CC/C=C\C/C=C\C/C=C\C/C=C\C/C=C\C/C=C\C/C=C\C/C=C\C/C=C\C/C=C\CCCCCCC(=O)NC(COC1OC(CO)C(OC2OC(CO)C(O)C(O)C2O)C(O)C1O)C(O)/C=C/CCCCCCCCCCCCCCCCCC. The smallest absolute Gasteiger partial charge is 0.220 e. The molecule has 0 aromatic heterocycles. The molecule has 0 aromatic carbocycles. The average Bonchev–Trinajstić information content (AvgIpc) is 3.71. The molecule has 12 unspecified atom stereocenters. The number of unbranched alkanes of at least 4 members (excludes halogenated alkanes) is 20. The summed E-state index contributed by atoms with van der Waals surface area (Å²) in [5.41, 5.74) is 0.